The minimum atomic E-state index is -0.820. The second-order valence-corrected chi connectivity index (χ2v) is 5.55. The Labute approximate surface area is 120 Å². The van der Waals surface area contributed by atoms with Crippen LogP contribution >= 0.6 is 0 Å². The number of hydrogen-bond acceptors (Lipinski definition) is 3. The van der Waals surface area contributed by atoms with Crippen LogP contribution in [0.2, 0.25) is 0 Å². The molecule has 2 rings (SSSR count). The molecule has 1 saturated carbocycles. The van der Waals surface area contributed by atoms with E-state index in [0.29, 0.717) is 12.6 Å². The molecule has 0 heterocycles. The van der Waals surface area contributed by atoms with Crippen molar-refractivity contribution in [2.75, 3.05) is 20.1 Å². The van der Waals surface area contributed by atoms with Gasteiger partial charge in [-0.3, -0.25) is 10.1 Å². The zero-order valence-corrected chi connectivity index (χ0v) is 12.1. The predicted molar refractivity (Wildman–Crippen MR) is 79.7 cm³/mol. The Kier molecular flexibility index (Phi) is 5.56. The Morgan fingerprint density at radius 3 is 2.60 bits per heavy atom. The average Bonchev–Trinajstić information content (AvgIpc) is 2.98. The van der Waals surface area contributed by atoms with E-state index in [1.807, 2.05) is 30.3 Å². The maximum Gasteiger partial charge on any atom is 0.325 e. The first-order chi connectivity index (χ1) is 9.68. The van der Waals surface area contributed by atoms with Crippen molar-refractivity contribution in [3.05, 3.63) is 35.9 Å². The number of nitrogens with one attached hydrogen (secondary N) is 1. The molecule has 110 valence electrons. The lowest BCUT2D eigenvalue weighted by molar-refractivity contribution is -0.139. The molecule has 1 atom stereocenters. The molecule has 2 N–H and O–H groups in total. The Hall–Kier alpha value is -1.39. The smallest absolute Gasteiger partial charge is 0.325 e. The summed E-state index contributed by atoms with van der Waals surface area (Å²) in [5, 5.41) is 12.5. The third-order valence-corrected chi connectivity index (χ3v) is 4.14. The Bertz CT molecular complexity index is 416. The van der Waals surface area contributed by atoms with Crippen molar-refractivity contribution >= 4 is 5.97 Å². The molecule has 1 aliphatic carbocycles. The van der Waals surface area contributed by atoms with Gasteiger partial charge in [0.15, 0.2) is 0 Å². The molecule has 0 radical (unpaired) electrons. The van der Waals surface area contributed by atoms with Crippen LogP contribution in [0.1, 0.15) is 37.3 Å². The normalized spacial score (nSPS) is 17.5. The highest BCUT2D eigenvalue weighted by Gasteiger charge is 2.21. The average molecular weight is 276 g/mol. The van der Waals surface area contributed by atoms with Gasteiger partial charge >= 0.3 is 5.97 Å². The molecule has 0 spiro atoms. The van der Waals surface area contributed by atoms with Crippen molar-refractivity contribution in [2.45, 2.75) is 37.8 Å². The molecule has 0 amide bonds. The number of carboxylic acid groups (broad SMARTS) is 1. The molecule has 1 aromatic carbocycles. The van der Waals surface area contributed by atoms with Crippen LogP contribution in [-0.2, 0) is 4.79 Å². The van der Waals surface area contributed by atoms with E-state index in [1.54, 1.807) is 0 Å². The van der Waals surface area contributed by atoms with Gasteiger partial charge in [0.05, 0.1) is 0 Å². The summed E-state index contributed by atoms with van der Waals surface area (Å²) in [5.41, 5.74) is 0.809. The topological polar surface area (TPSA) is 52.6 Å². The first-order valence-corrected chi connectivity index (χ1v) is 7.40. The number of carbonyl (C=O) groups is 1. The predicted octanol–water partition coefficient (Wildman–Crippen LogP) is 2.28. The molecule has 1 fully saturated rings. The second kappa shape index (κ2) is 7.41. The molecule has 20 heavy (non-hydrogen) atoms. The molecule has 0 aromatic heterocycles. The first-order valence-electron chi connectivity index (χ1n) is 7.40. The van der Waals surface area contributed by atoms with Gasteiger partial charge in [-0.2, -0.15) is 0 Å². The molecule has 0 aliphatic heterocycles. The highest BCUT2D eigenvalue weighted by Crippen LogP contribution is 2.22. The van der Waals surface area contributed by atoms with Gasteiger partial charge in [-0.05, 0) is 25.5 Å². The number of aliphatic carboxylic acids is 1. The zero-order valence-electron chi connectivity index (χ0n) is 12.1. The number of carboxylic acids is 1. The molecule has 4 nitrogen and oxygen atoms in total. The van der Waals surface area contributed by atoms with E-state index >= 15 is 0 Å². The van der Waals surface area contributed by atoms with E-state index < -0.39 is 12.0 Å². The summed E-state index contributed by atoms with van der Waals surface area (Å²) in [6, 6.07) is 9.41. The van der Waals surface area contributed by atoms with Crippen molar-refractivity contribution in [3.8, 4) is 0 Å². The van der Waals surface area contributed by atoms with E-state index in [0.717, 1.165) is 12.1 Å². The van der Waals surface area contributed by atoms with Crippen LogP contribution in [0.25, 0.3) is 0 Å². The summed E-state index contributed by atoms with van der Waals surface area (Å²) in [4.78, 5) is 13.7. The van der Waals surface area contributed by atoms with Crippen molar-refractivity contribution in [1.82, 2.24) is 10.2 Å². The summed E-state index contributed by atoms with van der Waals surface area (Å²) in [5.74, 6) is -0.820. The largest absolute Gasteiger partial charge is 0.480 e. The Balaban J connectivity index is 1.82. The van der Waals surface area contributed by atoms with E-state index in [2.05, 4.69) is 17.3 Å². The first kappa shape index (κ1) is 15.0. The maximum absolute atomic E-state index is 11.4. The lowest BCUT2D eigenvalue weighted by Crippen LogP contribution is -2.38. The van der Waals surface area contributed by atoms with Gasteiger partial charge in [-0.25, -0.2) is 0 Å². The van der Waals surface area contributed by atoms with Gasteiger partial charge in [0, 0.05) is 19.1 Å². The van der Waals surface area contributed by atoms with Crippen molar-refractivity contribution in [3.63, 3.8) is 0 Å². The molecule has 0 bridgehead atoms. The standard InChI is InChI=1S/C16H24N2O2/c1-18(14-9-5-6-10-14)12-11-17-15(16(19)20)13-7-3-2-4-8-13/h2-4,7-8,14-15,17H,5-6,9-12H2,1H3,(H,19,20). The van der Waals surface area contributed by atoms with Crippen molar-refractivity contribution in [2.24, 2.45) is 0 Å². The monoisotopic (exact) mass is 276 g/mol. The van der Waals surface area contributed by atoms with Crippen LogP contribution in [0.15, 0.2) is 30.3 Å². The van der Waals surface area contributed by atoms with Gasteiger partial charge < -0.3 is 10.0 Å². The fourth-order valence-electron chi connectivity index (χ4n) is 2.91. The van der Waals surface area contributed by atoms with Crippen molar-refractivity contribution < 1.29 is 9.90 Å². The minimum Gasteiger partial charge on any atom is -0.480 e. The van der Waals surface area contributed by atoms with Gasteiger partial charge in [0.25, 0.3) is 0 Å². The van der Waals surface area contributed by atoms with E-state index in [4.69, 9.17) is 0 Å². The van der Waals surface area contributed by atoms with Gasteiger partial charge in [0.2, 0.25) is 0 Å². The minimum absolute atomic E-state index is 0.617. The number of likely N-dealkylation sites (N-methyl/N-ethyl adjacent to an activating group) is 1. The molecule has 0 saturated heterocycles. The molecular weight excluding hydrogens is 252 g/mol. The van der Waals surface area contributed by atoms with Crippen LogP contribution in [-0.4, -0.2) is 42.2 Å². The molecule has 1 aliphatic rings. The number of benzene rings is 1. The third kappa shape index (κ3) is 4.05. The SMILES string of the molecule is CN(CCNC(C(=O)O)c1ccccc1)C1CCCC1. The highest BCUT2D eigenvalue weighted by molar-refractivity contribution is 5.75. The summed E-state index contributed by atoms with van der Waals surface area (Å²) in [7, 11) is 2.13. The summed E-state index contributed by atoms with van der Waals surface area (Å²) < 4.78 is 0. The van der Waals surface area contributed by atoms with Crippen LogP contribution in [0.4, 0.5) is 0 Å². The lowest BCUT2D eigenvalue weighted by atomic mass is 10.1. The van der Waals surface area contributed by atoms with E-state index in [9.17, 15) is 9.90 Å². The lowest BCUT2D eigenvalue weighted by Gasteiger charge is -2.25. The van der Waals surface area contributed by atoms with Crippen LogP contribution in [0.3, 0.4) is 0 Å². The number of hydrogen-bond donors (Lipinski definition) is 2. The third-order valence-electron chi connectivity index (χ3n) is 4.14. The quantitative estimate of drug-likeness (QED) is 0.802. The molecule has 1 unspecified atom stereocenters. The maximum atomic E-state index is 11.4. The van der Waals surface area contributed by atoms with Gasteiger partial charge in [0.1, 0.15) is 6.04 Å². The Morgan fingerprint density at radius 1 is 1.35 bits per heavy atom. The van der Waals surface area contributed by atoms with Crippen LogP contribution < -0.4 is 5.32 Å². The molecular formula is C16H24N2O2. The van der Waals surface area contributed by atoms with Gasteiger partial charge in [-0.1, -0.05) is 43.2 Å². The number of nitrogens with zero attached hydrogens (tertiary/aromatic N) is 1. The van der Waals surface area contributed by atoms with Crippen LogP contribution in [0, 0.1) is 0 Å². The summed E-state index contributed by atoms with van der Waals surface area (Å²) in [6.45, 7) is 1.58. The van der Waals surface area contributed by atoms with E-state index in [1.165, 1.54) is 25.7 Å². The highest BCUT2D eigenvalue weighted by atomic mass is 16.4. The van der Waals surface area contributed by atoms with Crippen LogP contribution in [0.5, 0.6) is 0 Å². The van der Waals surface area contributed by atoms with E-state index in [-0.39, 0.29) is 0 Å². The fourth-order valence-corrected chi connectivity index (χ4v) is 2.91. The summed E-state index contributed by atoms with van der Waals surface area (Å²) >= 11 is 0. The molecule has 4 heteroatoms. The summed E-state index contributed by atoms with van der Waals surface area (Å²) in [6.07, 6.45) is 5.20. The van der Waals surface area contributed by atoms with Crippen molar-refractivity contribution in [1.29, 1.82) is 0 Å². The molecule has 1 aromatic rings. The second-order valence-electron chi connectivity index (χ2n) is 5.55. The Morgan fingerprint density at radius 2 is 2.00 bits per heavy atom. The zero-order chi connectivity index (χ0) is 14.4. The van der Waals surface area contributed by atoms with Gasteiger partial charge in [-0.15, -0.1) is 0 Å². The fraction of sp³-hybridized carbons (Fsp3) is 0.562. The number of rotatable bonds is 7.